The smallest absolute Gasteiger partial charge is 0.422 e. The first kappa shape index (κ1) is 14.2. The van der Waals surface area contributed by atoms with Gasteiger partial charge in [-0.05, 0) is 12.2 Å². The van der Waals surface area contributed by atoms with Gasteiger partial charge in [0.1, 0.15) is 0 Å². The van der Waals surface area contributed by atoms with E-state index in [1.165, 1.54) is 0 Å². The molecule has 1 heterocycles. The standard InChI is InChI=1S/C8H8F3N3O3S/c9-8(10,11)3-17-7(16)12-2-4-1-5(15)14-6(18)13-4/h1H,2-3H2,(H,12,16)(H2,13,14,15,18). The van der Waals surface area contributed by atoms with Crippen molar-refractivity contribution in [3.8, 4) is 0 Å². The number of alkyl carbamates (subject to hydrolysis) is 1. The van der Waals surface area contributed by atoms with Crippen LogP contribution in [0.2, 0.25) is 0 Å². The summed E-state index contributed by atoms with van der Waals surface area (Å²) >= 11 is 4.66. The molecule has 6 nitrogen and oxygen atoms in total. The minimum atomic E-state index is -4.58. The van der Waals surface area contributed by atoms with Crippen LogP contribution in [0.3, 0.4) is 0 Å². The number of rotatable bonds is 3. The topological polar surface area (TPSA) is 87.0 Å². The van der Waals surface area contributed by atoms with Gasteiger partial charge in [0.05, 0.1) is 6.54 Å². The summed E-state index contributed by atoms with van der Waals surface area (Å²) in [6.45, 7) is -1.88. The Labute approximate surface area is 103 Å². The lowest BCUT2D eigenvalue weighted by Crippen LogP contribution is -2.29. The number of ether oxygens (including phenoxy) is 1. The van der Waals surface area contributed by atoms with Crippen LogP contribution in [0.5, 0.6) is 0 Å². The van der Waals surface area contributed by atoms with Crippen LogP contribution in [0.4, 0.5) is 18.0 Å². The number of carbonyl (C=O) groups excluding carboxylic acids is 1. The van der Waals surface area contributed by atoms with E-state index in [9.17, 15) is 22.8 Å². The minimum absolute atomic E-state index is 0.0444. The second-order valence-electron chi connectivity index (χ2n) is 3.16. The Morgan fingerprint density at radius 3 is 2.67 bits per heavy atom. The summed E-state index contributed by atoms with van der Waals surface area (Å²) in [5.74, 6) is 0. The minimum Gasteiger partial charge on any atom is -0.440 e. The summed E-state index contributed by atoms with van der Waals surface area (Å²) in [7, 11) is 0. The van der Waals surface area contributed by atoms with E-state index in [-0.39, 0.29) is 17.0 Å². The van der Waals surface area contributed by atoms with E-state index in [1.807, 2.05) is 5.32 Å². The molecule has 3 N–H and O–H groups in total. The SMILES string of the molecule is O=C(NCc1cc(=O)[nH]c(=S)[nH]1)OCC(F)(F)F. The maximum absolute atomic E-state index is 11.7. The predicted octanol–water partition coefficient (Wildman–Crippen LogP) is 1.22. The number of aromatic nitrogens is 2. The maximum atomic E-state index is 11.7. The average Bonchev–Trinajstić information content (AvgIpc) is 2.21. The van der Waals surface area contributed by atoms with Gasteiger partial charge in [-0.15, -0.1) is 0 Å². The number of H-pyrrole nitrogens is 2. The van der Waals surface area contributed by atoms with Gasteiger partial charge < -0.3 is 15.0 Å². The molecule has 0 unspecified atom stereocenters. The van der Waals surface area contributed by atoms with E-state index in [4.69, 9.17) is 0 Å². The van der Waals surface area contributed by atoms with Crippen LogP contribution in [0.15, 0.2) is 10.9 Å². The van der Waals surface area contributed by atoms with Gasteiger partial charge in [-0.2, -0.15) is 13.2 Å². The van der Waals surface area contributed by atoms with Crippen molar-refractivity contribution in [3.63, 3.8) is 0 Å². The normalized spacial score (nSPS) is 11.1. The van der Waals surface area contributed by atoms with Gasteiger partial charge in [-0.1, -0.05) is 0 Å². The molecule has 0 saturated carbocycles. The third-order valence-electron chi connectivity index (χ3n) is 1.61. The number of halogens is 3. The summed E-state index contributed by atoms with van der Waals surface area (Å²) in [6, 6.07) is 1.11. The van der Waals surface area contributed by atoms with Crippen LogP contribution >= 0.6 is 12.2 Å². The van der Waals surface area contributed by atoms with Crippen LogP contribution in [0, 0.1) is 4.77 Å². The van der Waals surface area contributed by atoms with Gasteiger partial charge in [-0.25, -0.2) is 4.79 Å². The average molecular weight is 283 g/mol. The Balaban J connectivity index is 2.48. The zero-order valence-corrected chi connectivity index (χ0v) is 9.57. The number of hydrogen-bond donors (Lipinski definition) is 3. The number of hydrogen-bond acceptors (Lipinski definition) is 4. The molecule has 0 aromatic carbocycles. The predicted molar refractivity (Wildman–Crippen MR) is 56.5 cm³/mol. The second-order valence-corrected chi connectivity index (χ2v) is 3.57. The number of amides is 1. The van der Waals surface area contributed by atoms with Crippen LogP contribution in [0.1, 0.15) is 5.69 Å². The zero-order valence-electron chi connectivity index (χ0n) is 8.76. The molecule has 1 aromatic rings. The van der Waals surface area contributed by atoms with Gasteiger partial charge >= 0.3 is 12.3 Å². The molecule has 0 aliphatic heterocycles. The molecule has 0 radical (unpaired) electrons. The molecule has 100 valence electrons. The van der Waals surface area contributed by atoms with Crippen molar-refractivity contribution in [1.82, 2.24) is 15.3 Å². The molecule has 0 atom stereocenters. The van der Waals surface area contributed by atoms with Crippen molar-refractivity contribution in [2.45, 2.75) is 12.7 Å². The van der Waals surface area contributed by atoms with Gasteiger partial charge in [0, 0.05) is 11.8 Å². The Morgan fingerprint density at radius 1 is 1.44 bits per heavy atom. The Bertz CT molecular complexity index is 508. The molecule has 0 aliphatic rings. The quantitative estimate of drug-likeness (QED) is 0.728. The second kappa shape index (κ2) is 5.67. The van der Waals surface area contributed by atoms with Crippen molar-refractivity contribution < 1.29 is 22.7 Å². The van der Waals surface area contributed by atoms with Crippen molar-refractivity contribution in [2.75, 3.05) is 6.61 Å². The molecule has 1 amide bonds. The van der Waals surface area contributed by atoms with Crippen LogP contribution < -0.4 is 10.9 Å². The van der Waals surface area contributed by atoms with Gasteiger partial charge in [0.15, 0.2) is 11.4 Å². The Morgan fingerprint density at radius 2 is 2.11 bits per heavy atom. The first-order valence-electron chi connectivity index (χ1n) is 4.56. The van der Waals surface area contributed by atoms with Gasteiger partial charge in [0.25, 0.3) is 5.56 Å². The fourth-order valence-electron chi connectivity index (χ4n) is 0.980. The van der Waals surface area contributed by atoms with Crippen LogP contribution in [0.25, 0.3) is 0 Å². The van der Waals surface area contributed by atoms with Crippen molar-refractivity contribution >= 4 is 18.3 Å². The molecular weight excluding hydrogens is 275 g/mol. The summed E-state index contributed by atoms with van der Waals surface area (Å²) in [6.07, 6.45) is -5.83. The highest BCUT2D eigenvalue weighted by Crippen LogP contribution is 2.14. The highest BCUT2D eigenvalue weighted by molar-refractivity contribution is 7.71. The Kier molecular flexibility index (Phi) is 4.48. The highest BCUT2D eigenvalue weighted by Gasteiger charge is 2.29. The first-order valence-corrected chi connectivity index (χ1v) is 4.97. The fourth-order valence-corrected chi connectivity index (χ4v) is 1.21. The van der Waals surface area contributed by atoms with E-state index in [0.29, 0.717) is 0 Å². The summed E-state index contributed by atoms with van der Waals surface area (Å²) in [4.78, 5) is 26.6. The lowest BCUT2D eigenvalue weighted by atomic mass is 10.4. The number of nitrogens with one attached hydrogen (secondary N) is 3. The van der Waals surface area contributed by atoms with E-state index in [0.717, 1.165) is 6.07 Å². The summed E-state index contributed by atoms with van der Waals surface area (Å²) in [5.41, 5.74) is -0.244. The number of alkyl halides is 3. The lowest BCUT2D eigenvalue weighted by Gasteiger charge is -2.08. The van der Waals surface area contributed by atoms with Crippen molar-refractivity contribution in [1.29, 1.82) is 0 Å². The molecule has 0 spiro atoms. The van der Waals surface area contributed by atoms with E-state index >= 15 is 0 Å². The number of aromatic amines is 2. The van der Waals surface area contributed by atoms with Gasteiger partial charge in [-0.3, -0.25) is 9.78 Å². The molecule has 0 fully saturated rings. The molecule has 0 aliphatic carbocycles. The number of carbonyl (C=O) groups is 1. The lowest BCUT2D eigenvalue weighted by molar-refractivity contribution is -0.160. The molecule has 0 bridgehead atoms. The third-order valence-corrected chi connectivity index (χ3v) is 1.81. The molecule has 18 heavy (non-hydrogen) atoms. The first-order chi connectivity index (χ1) is 8.26. The zero-order chi connectivity index (χ0) is 13.8. The molecule has 1 rings (SSSR count). The van der Waals surface area contributed by atoms with E-state index < -0.39 is 24.4 Å². The highest BCUT2D eigenvalue weighted by atomic mass is 32.1. The molecular formula is C8H8F3N3O3S. The fraction of sp³-hybridized carbons (Fsp3) is 0.375. The van der Waals surface area contributed by atoms with Crippen LogP contribution in [-0.2, 0) is 11.3 Å². The molecule has 10 heteroatoms. The molecule has 0 saturated heterocycles. The largest absolute Gasteiger partial charge is 0.440 e. The van der Waals surface area contributed by atoms with E-state index in [1.54, 1.807) is 0 Å². The van der Waals surface area contributed by atoms with E-state index in [2.05, 4.69) is 26.9 Å². The third kappa shape index (κ3) is 5.48. The Hall–Kier alpha value is -1.84. The summed E-state index contributed by atoms with van der Waals surface area (Å²) in [5, 5.41) is 2.03. The maximum Gasteiger partial charge on any atom is 0.422 e. The monoisotopic (exact) mass is 283 g/mol. The molecule has 1 aromatic heterocycles. The van der Waals surface area contributed by atoms with Crippen LogP contribution in [-0.4, -0.2) is 28.8 Å². The van der Waals surface area contributed by atoms with Crippen molar-refractivity contribution in [3.05, 3.63) is 26.9 Å². The summed E-state index contributed by atoms with van der Waals surface area (Å²) < 4.78 is 39.1. The van der Waals surface area contributed by atoms with Crippen molar-refractivity contribution in [2.24, 2.45) is 0 Å². The van der Waals surface area contributed by atoms with Gasteiger partial charge in [0.2, 0.25) is 0 Å².